The Hall–Kier alpha value is -2.57. The van der Waals surface area contributed by atoms with Crippen molar-refractivity contribution in [3.05, 3.63) is 59.5 Å². The molecule has 3 rings (SSSR count). The van der Waals surface area contributed by atoms with Gasteiger partial charge in [-0.1, -0.05) is 12.1 Å². The van der Waals surface area contributed by atoms with E-state index in [4.69, 9.17) is 4.42 Å². The van der Waals surface area contributed by atoms with Gasteiger partial charge in [-0.15, -0.1) is 0 Å². The molecule has 2 heterocycles. The summed E-state index contributed by atoms with van der Waals surface area (Å²) in [5.74, 6) is -1.11. The Morgan fingerprint density at radius 2 is 1.96 bits per heavy atom. The molecule has 1 aromatic carbocycles. The minimum Gasteiger partial charge on any atom is -0.472 e. The lowest BCUT2D eigenvalue weighted by atomic mass is 9.89. The molecule has 0 radical (unpaired) electrons. The van der Waals surface area contributed by atoms with Gasteiger partial charge in [0.25, 0.3) is 5.91 Å². The van der Waals surface area contributed by atoms with Crippen LogP contribution in [0, 0.1) is 5.92 Å². The van der Waals surface area contributed by atoms with Gasteiger partial charge in [0.15, 0.2) is 5.78 Å². The fourth-order valence-corrected chi connectivity index (χ4v) is 3.03. The van der Waals surface area contributed by atoms with Gasteiger partial charge >= 0.3 is 6.18 Å². The number of hydrogen-bond donors (Lipinski definition) is 0. The van der Waals surface area contributed by atoms with Gasteiger partial charge in [-0.3, -0.25) is 9.59 Å². The van der Waals surface area contributed by atoms with E-state index in [0.29, 0.717) is 24.9 Å². The predicted octanol–water partition coefficient (Wildman–Crippen LogP) is 4.03. The van der Waals surface area contributed by atoms with Crippen LogP contribution in [0.15, 0.2) is 47.3 Å². The minimum absolute atomic E-state index is 0.0254. The fraction of sp³-hybridized carbons (Fsp3) is 0.333. The molecule has 1 saturated heterocycles. The first-order chi connectivity index (χ1) is 11.9. The summed E-state index contributed by atoms with van der Waals surface area (Å²) in [5, 5.41) is 0. The standard InChI is InChI=1S/C18H16F3NO3/c19-18(20,21)15-5-1-3-12(9-15)16(23)13-4-2-7-22(10-13)17(24)14-6-8-25-11-14/h1,3,5-6,8-9,11,13H,2,4,7,10H2/t13-/m1/s1. The third-order valence-electron chi connectivity index (χ3n) is 4.32. The van der Waals surface area contributed by atoms with Crippen molar-refractivity contribution in [1.82, 2.24) is 4.90 Å². The Morgan fingerprint density at radius 3 is 2.64 bits per heavy atom. The number of halogens is 3. The Bertz CT molecular complexity index is 768. The molecule has 0 bridgehead atoms. The molecule has 4 nitrogen and oxygen atoms in total. The summed E-state index contributed by atoms with van der Waals surface area (Å²) in [6.45, 7) is 0.704. The van der Waals surface area contributed by atoms with Crippen molar-refractivity contribution in [2.24, 2.45) is 5.92 Å². The van der Waals surface area contributed by atoms with Gasteiger partial charge in [-0.05, 0) is 31.0 Å². The van der Waals surface area contributed by atoms with E-state index < -0.39 is 17.7 Å². The Kier molecular flexibility index (Phi) is 4.65. The topological polar surface area (TPSA) is 50.5 Å². The monoisotopic (exact) mass is 351 g/mol. The first-order valence-electron chi connectivity index (χ1n) is 7.89. The van der Waals surface area contributed by atoms with Crippen LogP contribution in [0.1, 0.15) is 39.1 Å². The second kappa shape index (κ2) is 6.74. The number of furan rings is 1. The molecule has 0 N–H and O–H groups in total. The molecular formula is C18H16F3NO3. The number of amides is 1. The molecule has 25 heavy (non-hydrogen) atoms. The van der Waals surface area contributed by atoms with Gasteiger partial charge in [-0.25, -0.2) is 0 Å². The van der Waals surface area contributed by atoms with Gasteiger partial charge in [0, 0.05) is 24.6 Å². The zero-order valence-corrected chi connectivity index (χ0v) is 13.3. The molecule has 1 aliphatic heterocycles. The van der Waals surface area contributed by atoms with Crippen LogP contribution in [0.25, 0.3) is 0 Å². The molecule has 1 amide bonds. The van der Waals surface area contributed by atoms with E-state index in [9.17, 15) is 22.8 Å². The number of benzene rings is 1. The molecule has 1 aromatic heterocycles. The van der Waals surface area contributed by atoms with Crippen LogP contribution in [0.3, 0.4) is 0 Å². The van der Waals surface area contributed by atoms with Crippen LogP contribution < -0.4 is 0 Å². The van der Waals surface area contributed by atoms with Crippen LogP contribution in [-0.4, -0.2) is 29.7 Å². The molecule has 0 unspecified atom stereocenters. The summed E-state index contributed by atoms with van der Waals surface area (Å²) in [6.07, 6.45) is -0.599. The van der Waals surface area contributed by atoms with E-state index in [1.165, 1.54) is 24.7 Å². The second-order valence-electron chi connectivity index (χ2n) is 6.05. The van der Waals surface area contributed by atoms with Crippen molar-refractivity contribution in [2.75, 3.05) is 13.1 Å². The zero-order valence-electron chi connectivity index (χ0n) is 13.3. The lowest BCUT2D eigenvalue weighted by molar-refractivity contribution is -0.137. The van der Waals surface area contributed by atoms with E-state index in [2.05, 4.69) is 0 Å². The molecule has 132 valence electrons. The van der Waals surface area contributed by atoms with Crippen molar-refractivity contribution >= 4 is 11.7 Å². The number of piperidine rings is 1. The Labute approximate surface area is 142 Å². The van der Waals surface area contributed by atoms with E-state index in [1.807, 2.05) is 0 Å². The van der Waals surface area contributed by atoms with E-state index in [0.717, 1.165) is 12.1 Å². The summed E-state index contributed by atoms with van der Waals surface area (Å²) in [6, 6.07) is 5.97. The lowest BCUT2D eigenvalue weighted by Crippen LogP contribution is -2.42. The predicted molar refractivity (Wildman–Crippen MR) is 83.1 cm³/mol. The van der Waals surface area contributed by atoms with Crippen LogP contribution in [0.4, 0.5) is 13.2 Å². The third-order valence-corrected chi connectivity index (χ3v) is 4.32. The van der Waals surface area contributed by atoms with Gasteiger partial charge in [-0.2, -0.15) is 13.2 Å². The molecule has 1 atom stereocenters. The molecule has 0 aliphatic carbocycles. The van der Waals surface area contributed by atoms with Crippen LogP contribution >= 0.6 is 0 Å². The summed E-state index contributed by atoms with van der Waals surface area (Å²) >= 11 is 0. The summed E-state index contributed by atoms with van der Waals surface area (Å²) in [7, 11) is 0. The van der Waals surface area contributed by atoms with Crippen molar-refractivity contribution in [2.45, 2.75) is 19.0 Å². The SMILES string of the molecule is O=C(c1cccc(C(F)(F)F)c1)[C@@H]1CCCN(C(=O)c2ccoc2)C1. The number of carbonyl (C=O) groups is 2. The number of hydrogen-bond acceptors (Lipinski definition) is 3. The van der Waals surface area contributed by atoms with Crippen molar-refractivity contribution in [3.8, 4) is 0 Å². The van der Waals surface area contributed by atoms with Crippen LogP contribution in [0.2, 0.25) is 0 Å². The van der Waals surface area contributed by atoms with E-state index in [1.54, 1.807) is 11.0 Å². The van der Waals surface area contributed by atoms with Crippen molar-refractivity contribution in [3.63, 3.8) is 0 Å². The van der Waals surface area contributed by atoms with Gasteiger partial charge in [0.2, 0.25) is 0 Å². The summed E-state index contributed by atoms with van der Waals surface area (Å²) in [4.78, 5) is 26.5. The quantitative estimate of drug-likeness (QED) is 0.785. The van der Waals surface area contributed by atoms with E-state index in [-0.39, 0.29) is 23.8 Å². The Balaban J connectivity index is 1.75. The van der Waals surface area contributed by atoms with Crippen molar-refractivity contribution in [1.29, 1.82) is 0 Å². The van der Waals surface area contributed by atoms with E-state index >= 15 is 0 Å². The van der Waals surface area contributed by atoms with Gasteiger partial charge in [0.1, 0.15) is 6.26 Å². The number of rotatable bonds is 3. The maximum Gasteiger partial charge on any atom is 0.416 e. The normalized spacial score (nSPS) is 18.2. The lowest BCUT2D eigenvalue weighted by Gasteiger charge is -2.31. The molecule has 0 saturated carbocycles. The molecular weight excluding hydrogens is 335 g/mol. The second-order valence-corrected chi connectivity index (χ2v) is 6.05. The summed E-state index contributed by atoms with van der Waals surface area (Å²) in [5.41, 5.74) is -0.426. The number of ketones is 1. The largest absolute Gasteiger partial charge is 0.472 e. The van der Waals surface area contributed by atoms with Gasteiger partial charge in [0.05, 0.1) is 17.4 Å². The molecule has 2 aromatic rings. The average Bonchev–Trinajstić information content (AvgIpc) is 3.14. The highest BCUT2D eigenvalue weighted by atomic mass is 19.4. The number of nitrogens with zero attached hydrogens (tertiary/aromatic N) is 1. The smallest absolute Gasteiger partial charge is 0.416 e. The molecule has 7 heteroatoms. The van der Waals surface area contributed by atoms with Crippen LogP contribution in [0.5, 0.6) is 0 Å². The molecule has 1 aliphatic rings. The summed E-state index contributed by atoms with van der Waals surface area (Å²) < 4.78 is 43.4. The maximum absolute atomic E-state index is 12.8. The zero-order chi connectivity index (χ0) is 18.0. The Morgan fingerprint density at radius 1 is 1.16 bits per heavy atom. The first kappa shape index (κ1) is 17.3. The number of Topliss-reactive ketones (excluding diaryl/α,β-unsaturated/α-hetero) is 1. The fourth-order valence-electron chi connectivity index (χ4n) is 3.03. The highest BCUT2D eigenvalue weighted by Gasteiger charge is 2.33. The molecule has 0 spiro atoms. The molecule has 1 fully saturated rings. The van der Waals surface area contributed by atoms with Crippen LogP contribution in [-0.2, 0) is 6.18 Å². The maximum atomic E-state index is 12.8. The highest BCUT2D eigenvalue weighted by Crippen LogP contribution is 2.31. The number of carbonyl (C=O) groups excluding carboxylic acids is 2. The number of likely N-dealkylation sites (tertiary alicyclic amines) is 1. The van der Waals surface area contributed by atoms with Gasteiger partial charge < -0.3 is 9.32 Å². The average molecular weight is 351 g/mol. The third kappa shape index (κ3) is 3.75. The van der Waals surface area contributed by atoms with Crippen molar-refractivity contribution < 1.29 is 27.2 Å². The number of alkyl halides is 3. The first-order valence-corrected chi connectivity index (χ1v) is 7.89. The highest BCUT2D eigenvalue weighted by molar-refractivity contribution is 5.99. The minimum atomic E-state index is -4.49.